The van der Waals surface area contributed by atoms with Crippen molar-refractivity contribution in [2.24, 2.45) is 0 Å². The van der Waals surface area contributed by atoms with E-state index in [2.05, 4.69) is 20.6 Å². The topological polar surface area (TPSA) is 60.6 Å². The average Bonchev–Trinajstić information content (AvgIpc) is 3.31. The highest BCUT2D eigenvalue weighted by Crippen LogP contribution is 2.12. The number of benzene rings is 2. The molecule has 0 aliphatic heterocycles. The van der Waals surface area contributed by atoms with Crippen molar-refractivity contribution in [3.8, 4) is 11.4 Å². The van der Waals surface area contributed by atoms with Gasteiger partial charge in [-0.05, 0) is 24.3 Å². The summed E-state index contributed by atoms with van der Waals surface area (Å²) in [5.74, 6) is 1.62. The van der Waals surface area contributed by atoms with E-state index >= 15 is 0 Å². The molecule has 0 bridgehead atoms. The summed E-state index contributed by atoms with van der Waals surface area (Å²) in [6, 6.07) is 22.0. The number of anilines is 1. The van der Waals surface area contributed by atoms with Crippen LogP contribution in [0.4, 0.5) is 5.82 Å². The lowest BCUT2D eigenvalue weighted by molar-refractivity contribution is 0.856. The van der Waals surface area contributed by atoms with E-state index in [4.69, 9.17) is 0 Å². The van der Waals surface area contributed by atoms with E-state index in [-0.39, 0.29) is 0 Å². The van der Waals surface area contributed by atoms with Crippen LogP contribution < -0.4 is 5.32 Å². The second kappa shape index (κ2) is 6.37. The van der Waals surface area contributed by atoms with Gasteiger partial charge in [0.25, 0.3) is 0 Å². The third kappa shape index (κ3) is 2.89. The first-order valence-electron chi connectivity index (χ1n) is 7.69. The van der Waals surface area contributed by atoms with Gasteiger partial charge in [0.2, 0.25) is 0 Å². The molecule has 0 aliphatic rings. The molecule has 118 valence electrons. The van der Waals surface area contributed by atoms with Crippen molar-refractivity contribution < 1.29 is 0 Å². The van der Waals surface area contributed by atoms with Crippen LogP contribution in [0.15, 0.2) is 79.3 Å². The van der Waals surface area contributed by atoms with Crippen molar-refractivity contribution in [1.29, 1.82) is 0 Å². The minimum absolute atomic E-state index is 0.542. The van der Waals surface area contributed by atoms with Crippen LogP contribution in [0.25, 0.3) is 11.4 Å². The molecule has 4 rings (SSSR count). The van der Waals surface area contributed by atoms with Crippen LogP contribution >= 0.6 is 0 Å². The second-order valence-electron chi connectivity index (χ2n) is 5.29. The Hall–Kier alpha value is -3.41. The van der Waals surface area contributed by atoms with Crippen molar-refractivity contribution >= 4 is 5.82 Å². The van der Waals surface area contributed by atoms with E-state index < -0.39 is 0 Å². The van der Waals surface area contributed by atoms with Crippen molar-refractivity contribution in [1.82, 2.24) is 24.5 Å². The van der Waals surface area contributed by atoms with E-state index in [1.54, 1.807) is 6.33 Å². The summed E-state index contributed by atoms with van der Waals surface area (Å²) in [6.45, 7) is 0.542. The lowest BCUT2D eigenvalue weighted by Crippen LogP contribution is -2.07. The molecule has 0 amide bonds. The summed E-state index contributed by atoms with van der Waals surface area (Å²) in [6.07, 6.45) is 3.65. The fourth-order valence-electron chi connectivity index (χ4n) is 2.50. The first-order valence-corrected chi connectivity index (χ1v) is 7.69. The Balaban J connectivity index is 1.49. The molecular formula is C18H16N6. The van der Waals surface area contributed by atoms with Gasteiger partial charge in [-0.3, -0.25) is 4.57 Å². The number of hydrogen-bond acceptors (Lipinski definition) is 4. The van der Waals surface area contributed by atoms with Crippen molar-refractivity contribution in [2.75, 3.05) is 5.32 Å². The smallest absolute Gasteiger partial charge is 0.156 e. The zero-order valence-electron chi connectivity index (χ0n) is 12.9. The molecule has 0 radical (unpaired) electrons. The maximum Gasteiger partial charge on any atom is 0.156 e. The van der Waals surface area contributed by atoms with Crippen LogP contribution in [0, 0.1) is 0 Å². The molecule has 6 heteroatoms. The van der Waals surface area contributed by atoms with Crippen LogP contribution in [0.5, 0.6) is 0 Å². The van der Waals surface area contributed by atoms with E-state index in [1.165, 1.54) is 0 Å². The highest BCUT2D eigenvalue weighted by Gasteiger charge is 2.07. The van der Waals surface area contributed by atoms with Crippen LogP contribution in [-0.2, 0) is 6.54 Å². The third-order valence-corrected chi connectivity index (χ3v) is 3.69. The van der Waals surface area contributed by atoms with Gasteiger partial charge >= 0.3 is 0 Å². The SMILES string of the molecule is c1ccc(-n2ccc(NCc3nncn3-c3ccccc3)n2)cc1. The van der Waals surface area contributed by atoms with Gasteiger partial charge in [-0.15, -0.1) is 10.2 Å². The summed E-state index contributed by atoms with van der Waals surface area (Å²) in [4.78, 5) is 0. The summed E-state index contributed by atoms with van der Waals surface area (Å²) < 4.78 is 3.80. The fraction of sp³-hybridized carbons (Fsp3) is 0.0556. The molecule has 0 unspecified atom stereocenters. The van der Waals surface area contributed by atoms with E-state index in [0.29, 0.717) is 6.54 Å². The predicted molar refractivity (Wildman–Crippen MR) is 92.2 cm³/mol. The Bertz CT molecular complexity index is 911. The average molecular weight is 316 g/mol. The number of para-hydroxylation sites is 2. The largest absolute Gasteiger partial charge is 0.361 e. The Morgan fingerprint density at radius 1 is 0.833 bits per heavy atom. The number of rotatable bonds is 5. The van der Waals surface area contributed by atoms with Crippen molar-refractivity contribution in [2.45, 2.75) is 6.54 Å². The molecule has 2 heterocycles. The molecule has 0 aliphatic carbocycles. The quantitative estimate of drug-likeness (QED) is 0.615. The molecule has 24 heavy (non-hydrogen) atoms. The Morgan fingerprint density at radius 3 is 2.29 bits per heavy atom. The number of aromatic nitrogens is 5. The lowest BCUT2D eigenvalue weighted by atomic mass is 10.3. The van der Waals surface area contributed by atoms with Gasteiger partial charge < -0.3 is 5.32 Å². The first-order chi connectivity index (χ1) is 11.9. The van der Waals surface area contributed by atoms with Gasteiger partial charge in [0.15, 0.2) is 5.82 Å². The molecule has 6 nitrogen and oxygen atoms in total. The molecule has 0 saturated heterocycles. The van der Waals surface area contributed by atoms with E-state index in [9.17, 15) is 0 Å². The highest BCUT2D eigenvalue weighted by molar-refractivity contribution is 5.38. The molecule has 4 aromatic rings. The summed E-state index contributed by atoms with van der Waals surface area (Å²) in [5.41, 5.74) is 2.06. The van der Waals surface area contributed by atoms with Gasteiger partial charge in [0.05, 0.1) is 12.2 Å². The van der Waals surface area contributed by atoms with Gasteiger partial charge in [0.1, 0.15) is 12.1 Å². The first kappa shape index (κ1) is 14.2. The molecule has 2 aromatic heterocycles. The van der Waals surface area contributed by atoms with Crippen LogP contribution in [0.3, 0.4) is 0 Å². The summed E-state index contributed by atoms with van der Waals surface area (Å²) in [5, 5.41) is 16.0. The molecular weight excluding hydrogens is 300 g/mol. The second-order valence-corrected chi connectivity index (χ2v) is 5.29. The van der Waals surface area contributed by atoms with Gasteiger partial charge in [0, 0.05) is 18.0 Å². The minimum atomic E-state index is 0.542. The Kier molecular flexibility index (Phi) is 3.77. The zero-order chi connectivity index (χ0) is 16.2. The van der Waals surface area contributed by atoms with Gasteiger partial charge in [-0.1, -0.05) is 36.4 Å². The normalized spacial score (nSPS) is 10.7. The van der Waals surface area contributed by atoms with Crippen LogP contribution in [0.2, 0.25) is 0 Å². The minimum Gasteiger partial charge on any atom is -0.361 e. The number of nitrogens with zero attached hydrogens (tertiary/aromatic N) is 5. The van der Waals surface area contributed by atoms with Crippen LogP contribution in [0.1, 0.15) is 5.82 Å². The van der Waals surface area contributed by atoms with Crippen LogP contribution in [-0.4, -0.2) is 24.5 Å². The summed E-state index contributed by atoms with van der Waals surface area (Å²) in [7, 11) is 0. The monoisotopic (exact) mass is 316 g/mol. The Labute approximate surface area is 139 Å². The van der Waals surface area contributed by atoms with Gasteiger partial charge in [-0.2, -0.15) is 5.10 Å². The molecule has 0 saturated carbocycles. The molecule has 2 aromatic carbocycles. The van der Waals surface area contributed by atoms with Crippen molar-refractivity contribution in [3.05, 3.63) is 85.1 Å². The predicted octanol–water partition coefficient (Wildman–Crippen LogP) is 3.07. The molecule has 0 atom stereocenters. The van der Waals surface area contributed by atoms with E-state index in [1.807, 2.05) is 82.2 Å². The highest BCUT2D eigenvalue weighted by atomic mass is 15.3. The standard InChI is InChI=1S/C18H16N6/c1-3-7-15(8-4-1)23-14-20-21-18(23)13-19-17-11-12-24(22-17)16-9-5-2-6-10-16/h1-12,14H,13H2,(H,19,22). The zero-order valence-corrected chi connectivity index (χ0v) is 12.9. The lowest BCUT2D eigenvalue weighted by Gasteiger charge is -2.07. The van der Waals surface area contributed by atoms with Gasteiger partial charge in [-0.25, -0.2) is 4.68 Å². The maximum absolute atomic E-state index is 4.53. The van der Waals surface area contributed by atoms with E-state index in [0.717, 1.165) is 23.0 Å². The third-order valence-electron chi connectivity index (χ3n) is 3.69. The number of nitrogens with one attached hydrogen (secondary N) is 1. The molecule has 0 fully saturated rings. The van der Waals surface area contributed by atoms with Crippen molar-refractivity contribution in [3.63, 3.8) is 0 Å². The maximum atomic E-state index is 4.53. The molecule has 0 spiro atoms. The molecule has 1 N–H and O–H groups in total. The summed E-state index contributed by atoms with van der Waals surface area (Å²) >= 11 is 0. The number of hydrogen-bond donors (Lipinski definition) is 1. The fourth-order valence-corrected chi connectivity index (χ4v) is 2.50. The Morgan fingerprint density at radius 2 is 1.54 bits per heavy atom.